The van der Waals surface area contributed by atoms with Crippen LogP contribution in [-0.4, -0.2) is 18.0 Å². The zero-order chi connectivity index (χ0) is 10.6. The van der Waals surface area contributed by atoms with Gasteiger partial charge in [0.2, 0.25) is 5.91 Å². The third-order valence-electron chi connectivity index (χ3n) is 3.12. The van der Waals surface area contributed by atoms with Gasteiger partial charge in [-0.05, 0) is 25.7 Å². The molecule has 1 aliphatic carbocycles. The molecule has 0 radical (unpaired) electrons. The van der Waals surface area contributed by atoms with E-state index in [1.165, 1.54) is 19.3 Å². The SMILES string of the molecule is CCC1CCCC(NC(=O)[C@@H](C)N)C1. The lowest BCUT2D eigenvalue weighted by Gasteiger charge is -2.29. The Morgan fingerprint density at radius 1 is 1.57 bits per heavy atom. The summed E-state index contributed by atoms with van der Waals surface area (Å²) < 4.78 is 0. The van der Waals surface area contributed by atoms with Crippen LogP contribution in [0.5, 0.6) is 0 Å². The second-order valence-corrected chi connectivity index (χ2v) is 4.44. The van der Waals surface area contributed by atoms with Crippen molar-refractivity contribution in [1.29, 1.82) is 0 Å². The van der Waals surface area contributed by atoms with Crippen LogP contribution in [-0.2, 0) is 4.79 Å². The van der Waals surface area contributed by atoms with Crippen molar-refractivity contribution in [2.24, 2.45) is 11.7 Å². The standard InChI is InChI=1S/C11H22N2O/c1-3-9-5-4-6-10(7-9)13-11(14)8(2)12/h8-10H,3-7,12H2,1-2H3,(H,13,14)/t8-,9?,10?/m1/s1. The fourth-order valence-electron chi connectivity index (χ4n) is 2.13. The number of hydrogen-bond donors (Lipinski definition) is 2. The number of carbonyl (C=O) groups is 1. The molecule has 82 valence electrons. The van der Waals surface area contributed by atoms with Gasteiger partial charge in [0, 0.05) is 6.04 Å². The average Bonchev–Trinajstić information content (AvgIpc) is 2.18. The van der Waals surface area contributed by atoms with Gasteiger partial charge < -0.3 is 11.1 Å². The van der Waals surface area contributed by atoms with Gasteiger partial charge in [0.25, 0.3) is 0 Å². The summed E-state index contributed by atoms with van der Waals surface area (Å²) in [5, 5.41) is 3.02. The molecule has 14 heavy (non-hydrogen) atoms. The van der Waals surface area contributed by atoms with Gasteiger partial charge in [-0.15, -0.1) is 0 Å². The summed E-state index contributed by atoms with van der Waals surface area (Å²) in [5.74, 6) is 0.786. The van der Waals surface area contributed by atoms with Gasteiger partial charge in [-0.1, -0.05) is 26.2 Å². The van der Waals surface area contributed by atoms with Crippen LogP contribution in [0.2, 0.25) is 0 Å². The monoisotopic (exact) mass is 198 g/mol. The van der Waals surface area contributed by atoms with Crippen molar-refractivity contribution in [2.75, 3.05) is 0 Å². The molecule has 0 spiro atoms. The third-order valence-corrected chi connectivity index (χ3v) is 3.12. The second kappa shape index (κ2) is 5.35. The number of hydrogen-bond acceptors (Lipinski definition) is 2. The Kier molecular flexibility index (Phi) is 4.39. The number of carbonyl (C=O) groups excluding carboxylic acids is 1. The topological polar surface area (TPSA) is 55.1 Å². The molecule has 0 saturated heterocycles. The summed E-state index contributed by atoms with van der Waals surface area (Å²) in [6, 6.07) is -0.01000. The summed E-state index contributed by atoms with van der Waals surface area (Å²) in [4.78, 5) is 11.4. The minimum atomic E-state index is -0.378. The van der Waals surface area contributed by atoms with Gasteiger partial charge in [0.15, 0.2) is 0 Å². The fraction of sp³-hybridized carbons (Fsp3) is 0.909. The van der Waals surface area contributed by atoms with Crippen molar-refractivity contribution in [3.05, 3.63) is 0 Å². The molecule has 0 aliphatic heterocycles. The first-order valence-electron chi connectivity index (χ1n) is 5.69. The Labute approximate surface area is 86.4 Å². The lowest BCUT2D eigenvalue weighted by Crippen LogP contribution is -2.45. The van der Waals surface area contributed by atoms with Crippen LogP contribution in [0.3, 0.4) is 0 Å². The number of amides is 1. The van der Waals surface area contributed by atoms with Gasteiger partial charge in [-0.3, -0.25) is 4.79 Å². The molecule has 3 nitrogen and oxygen atoms in total. The van der Waals surface area contributed by atoms with E-state index >= 15 is 0 Å². The zero-order valence-electron chi connectivity index (χ0n) is 9.25. The summed E-state index contributed by atoms with van der Waals surface area (Å²) in [5.41, 5.74) is 5.51. The van der Waals surface area contributed by atoms with Gasteiger partial charge >= 0.3 is 0 Å². The van der Waals surface area contributed by atoms with E-state index in [4.69, 9.17) is 5.73 Å². The van der Waals surface area contributed by atoms with Crippen LogP contribution in [0.15, 0.2) is 0 Å². The first-order chi connectivity index (χ1) is 6.63. The molecule has 0 aromatic rings. The fourth-order valence-corrected chi connectivity index (χ4v) is 2.13. The molecule has 0 heterocycles. The normalized spacial score (nSPS) is 29.6. The Bertz CT molecular complexity index is 192. The quantitative estimate of drug-likeness (QED) is 0.720. The zero-order valence-corrected chi connectivity index (χ0v) is 9.25. The highest BCUT2D eigenvalue weighted by Gasteiger charge is 2.22. The van der Waals surface area contributed by atoms with E-state index < -0.39 is 0 Å². The van der Waals surface area contributed by atoms with Crippen LogP contribution in [0, 0.1) is 5.92 Å². The Hall–Kier alpha value is -0.570. The summed E-state index contributed by atoms with van der Waals surface area (Å²) in [7, 11) is 0. The van der Waals surface area contributed by atoms with Crippen LogP contribution in [0.1, 0.15) is 46.0 Å². The lowest BCUT2D eigenvalue weighted by atomic mass is 9.84. The smallest absolute Gasteiger partial charge is 0.236 e. The van der Waals surface area contributed by atoms with Crippen LogP contribution in [0.4, 0.5) is 0 Å². The van der Waals surface area contributed by atoms with Crippen molar-refractivity contribution in [3.63, 3.8) is 0 Å². The molecule has 3 heteroatoms. The third kappa shape index (κ3) is 3.29. The number of nitrogens with one attached hydrogen (secondary N) is 1. The summed E-state index contributed by atoms with van der Waals surface area (Å²) in [6.07, 6.45) is 6.04. The number of rotatable bonds is 3. The maximum Gasteiger partial charge on any atom is 0.236 e. The van der Waals surface area contributed by atoms with Gasteiger partial charge in [0.1, 0.15) is 0 Å². The minimum Gasteiger partial charge on any atom is -0.352 e. The van der Waals surface area contributed by atoms with Crippen molar-refractivity contribution < 1.29 is 4.79 Å². The second-order valence-electron chi connectivity index (χ2n) is 4.44. The van der Waals surface area contributed by atoms with Gasteiger partial charge in [-0.25, -0.2) is 0 Å². The minimum absolute atomic E-state index is 0.00764. The molecule has 0 aromatic heterocycles. The Morgan fingerprint density at radius 2 is 2.29 bits per heavy atom. The van der Waals surface area contributed by atoms with Crippen molar-refractivity contribution in [2.45, 2.75) is 58.0 Å². The van der Waals surface area contributed by atoms with E-state index in [2.05, 4.69) is 12.2 Å². The molecule has 0 bridgehead atoms. The van der Waals surface area contributed by atoms with Crippen LogP contribution >= 0.6 is 0 Å². The molecule has 1 rings (SSSR count). The largest absolute Gasteiger partial charge is 0.352 e. The first kappa shape index (κ1) is 11.5. The highest BCUT2D eigenvalue weighted by atomic mass is 16.2. The van der Waals surface area contributed by atoms with Crippen molar-refractivity contribution >= 4 is 5.91 Å². The first-order valence-corrected chi connectivity index (χ1v) is 5.69. The Balaban J connectivity index is 2.34. The predicted octanol–water partition coefficient (Wildman–Crippen LogP) is 1.42. The van der Waals surface area contributed by atoms with E-state index in [-0.39, 0.29) is 11.9 Å². The van der Waals surface area contributed by atoms with E-state index in [9.17, 15) is 4.79 Å². The van der Waals surface area contributed by atoms with E-state index in [1.807, 2.05) is 0 Å². The molecule has 1 fully saturated rings. The molecule has 1 aliphatic rings. The molecule has 0 aromatic carbocycles. The maximum atomic E-state index is 11.4. The molecule has 1 amide bonds. The van der Waals surface area contributed by atoms with Crippen LogP contribution < -0.4 is 11.1 Å². The van der Waals surface area contributed by atoms with Gasteiger partial charge in [-0.2, -0.15) is 0 Å². The average molecular weight is 198 g/mol. The molecule has 3 N–H and O–H groups in total. The highest BCUT2D eigenvalue weighted by Crippen LogP contribution is 2.26. The Morgan fingerprint density at radius 3 is 2.86 bits per heavy atom. The van der Waals surface area contributed by atoms with E-state index in [0.29, 0.717) is 6.04 Å². The lowest BCUT2D eigenvalue weighted by molar-refractivity contribution is -0.123. The molecule has 1 saturated carbocycles. The van der Waals surface area contributed by atoms with Gasteiger partial charge in [0.05, 0.1) is 6.04 Å². The molecule has 2 unspecified atom stereocenters. The number of nitrogens with two attached hydrogens (primary N) is 1. The van der Waals surface area contributed by atoms with E-state index in [0.717, 1.165) is 18.8 Å². The summed E-state index contributed by atoms with van der Waals surface area (Å²) >= 11 is 0. The molecular weight excluding hydrogens is 176 g/mol. The van der Waals surface area contributed by atoms with E-state index in [1.54, 1.807) is 6.92 Å². The molecule has 3 atom stereocenters. The van der Waals surface area contributed by atoms with Crippen molar-refractivity contribution in [3.8, 4) is 0 Å². The summed E-state index contributed by atoms with van der Waals surface area (Å²) in [6.45, 7) is 3.95. The van der Waals surface area contributed by atoms with Crippen molar-refractivity contribution in [1.82, 2.24) is 5.32 Å². The predicted molar refractivity (Wildman–Crippen MR) is 57.8 cm³/mol. The maximum absolute atomic E-state index is 11.4. The van der Waals surface area contributed by atoms with Crippen LogP contribution in [0.25, 0.3) is 0 Å². The molecular formula is C11H22N2O. The highest BCUT2D eigenvalue weighted by molar-refractivity contribution is 5.81.